The van der Waals surface area contributed by atoms with E-state index in [2.05, 4.69) is 25.4 Å². The minimum Gasteiger partial charge on any atom is -0.489 e. The van der Waals surface area contributed by atoms with Crippen LogP contribution in [0.4, 0.5) is 17.5 Å². The van der Waals surface area contributed by atoms with Gasteiger partial charge in [-0.15, -0.1) is 5.10 Å². The monoisotopic (exact) mass is 371 g/mol. The maximum absolute atomic E-state index is 5.85. The van der Waals surface area contributed by atoms with Gasteiger partial charge in [0.25, 0.3) is 0 Å². The minimum atomic E-state index is -0.410. The molecule has 2 aliphatic rings. The second-order valence-corrected chi connectivity index (χ2v) is 7.02. The third-order valence-corrected chi connectivity index (χ3v) is 4.68. The van der Waals surface area contributed by atoms with Crippen molar-refractivity contribution in [3.8, 4) is 5.75 Å². The second kappa shape index (κ2) is 7.66. The zero-order valence-electron chi connectivity index (χ0n) is 15.7. The molecule has 0 atom stereocenters. The number of anilines is 3. The standard InChI is InChI=1S/C19H25N5O3/c1-14(2)27-16-6-4-3-5-15(16)21-17-13-20-23-18(22-17)24-9-7-19(8-10-24)25-11-12-26-19/h3-6,13-14H,7-12H2,1-2H3,(H,21,22,23). The Morgan fingerprint density at radius 1 is 1.15 bits per heavy atom. The second-order valence-electron chi connectivity index (χ2n) is 7.02. The lowest BCUT2D eigenvalue weighted by molar-refractivity contribution is -0.169. The first-order valence-electron chi connectivity index (χ1n) is 9.39. The fraction of sp³-hybridized carbons (Fsp3) is 0.526. The highest BCUT2D eigenvalue weighted by molar-refractivity contribution is 5.64. The molecule has 0 aliphatic carbocycles. The fourth-order valence-electron chi connectivity index (χ4n) is 3.39. The van der Waals surface area contributed by atoms with Gasteiger partial charge in [-0.05, 0) is 26.0 Å². The van der Waals surface area contributed by atoms with Crippen LogP contribution in [0.3, 0.4) is 0 Å². The summed E-state index contributed by atoms with van der Waals surface area (Å²) in [5.41, 5.74) is 0.850. The molecule has 2 aliphatic heterocycles. The molecule has 0 bridgehead atoms. The highest BCUT2D eigenvalue weighted by Crippen LogP contribution is 2.33. The zero-order chi connectivity index (χ0) is 18.7. The molecule has 8 nitrogen and oxygen atoms in total. The molecule has 0 saturated carbocycles. The first-order valence-corrected chi connectivity index (χ1v) is 9.39. The number of ether oxygens (including phenoxy) is 3. The molecule has 0 amide bonds. The van der Waals surface area contributed by atoms with Crippen molar-refractivity contribution in [3.05, 3.63) is 30.5 Å². The van der Waals surface area contributed by atoms with E-state index in [9.17, 15) is 0 Å². The lowest BCUT2D eigenvalue weighted by atomic mass is 10.0. The number of hydrogen-bond donors (Lipinski definition) is 1. The molecule has 2 aromatic rings. The summed E-state index contributed by atoms with van der Waals surface area (Å²) in [5.74, 6) is 1.61. The van der Waals surface area contributed by atoms with Crippen molar-refractivity contribution >= 4 is 17.5 Å². The molecule has 3 heterocycles. The fourth-order valence-corrected chi connectivity index (χ4v) is 3.39. The summed E-state index contributed by atoms with van der Waals surface area (Å²) >= 11 is 0. The summed E-state index contributed by atoms with van der Waals surface area (Å²) in [6, 6.07) is 7.79. The van der Waals surface area contributed by atoms with Gasteiger partial charge in [0.05, 0.1) is 31.2 Å². The number of nitrogens with zero attached hydrogens (tertiary/aromatic N) is 4. The Morgan fingerprint density at radius 2 is 1.89 bits per heavy atom. The number of aromatic nitrogens is 3. The van der Waals surface area contributed by atoms with Crippen LogP contribution in [-0.4, -0.2) is 53.4 Å². The Morgan fingerprint density at radius 3 is 2.63 bits per heavy atom. The quantitative estimate of drug-likeness (QED) is 0.859. The Hall–Kier alpha value is -2.45. The molecule has 4 rings (SSSR count). The molecule has 0 unspecified atom stereocenters. The number of benzene rings is 1. The van der Waals surface area contributed by atoms with Crippen LogP contribution in [0.15, 0.2) is 30.5 Å². The Balaban J connectivity index is 1.46. The van der Waals surface area contributed by atoms with E-state index in [-0.39, 0.29) is 6.10 Å². The molecule has 2 fully saturated rings. The molecular formula is C19H25N5O3. The predicted molar refractivity (Wildman–Crippen MR) is 101 cm³/mol. The van der Waals surface area contributed by atoms with Crippen LogP contribution in [0.25, 0.3) is 0 Å². The van der Waals surface area contributed by atoms with Gasteiger partial charge in [0.1, 0.15) is 5.75 Å². The molecule has 2 saturated heterocycles. The molecule has 0 radical (unpaired) electrons. The third kappa shape index (κ3) is 4.12. The summed E-state index contributed by atoms with van der Waals surface area (Å²) in [5, 5.41) is 11.6. The van der Waals surface area contributed by atoms with Gasteiger partial charge in [-0.3, -0.25) is 0 Å². The summed E-state index contributed by atoms with van der Waals surface area (Å²) in [6.45, 7) is 6.91. The molecule has 144 valence electrons. The highest BCUT2D eigenvalue weighted by Gasteiger charge is 2.40. The van der Waals surface area contributed by atoms with E-state index in [1.165, 1.54) is 0 Å². The lowest BCUT2D eigenvalue weighted by Gasteiger charge is -2.37. The largest absolute Gasteiger partial charge is 0.489 e. The molecule has 1 N–H and O–H groups in total. The average Bonchev–Trinajstić information content (AvgIpc) is 3.12. The van der Waals surface area contributed by atoms with Crippen molar-refractivity contribution < 1.29 is 14.2 Å². The van der Waals surface area contributed by atoms with E-state index in [4.69, 9.17) is 14.2 Å². The first kappa shape index (κ1) is 17.9. The first-order chi connectivity index (χ1) is 13.1. The SMILES string of the molecule is CC(C)Oc1ccccc1Nc1cnnc(N2CCC3(CC2)OCCO3)n1. The van der Waals surface area contributed by atoms with Gasteiger partial charge < -0.3 is 24.4 Å². The van der Waals surface area contributed by atoms with E-state index >= 15 is 0 Å². The topological polar surface area (TPSA) is 81.6 Å². The van der Waals surface area contributed by atoms with Gasteiger partial charge in [0.15, 0.2) is 11.6 Å². The molecule has 1 aromatic heterocycles. The molecule has 1 spiro atoms. The van der Waals surface area contributed by atoms with Gasteiger partial charge in [0.2, 0.25) is 5.95 Å². The number of piperidine rings is 1. The van der Waals surface area contributed by atoms with E-state index < -0.39 is 5.79 Å². The Kier molecular flexibility index (Phi) is 5.09. The average molecular weight is 371 g/mol. The van der Waals surface area contributed by atoms with Crippen molar-refractivity contribution in [2.24, 2.45) is 0 Å². The summed E-state index contributed by atoms with van der Waals surface area (Å²) in [7, 11) is 0. The summed E-state index contributed by atoms with van der Waals surface area (Å²) < 4.78 is 17.4. The van der Waals surface area contributed by atoms with Gasteiger partial charge in [-0.2, -0.15) is 10.1 Å². The zero-order valence-corrected chi connectivity index (χ0v) is 15.7. The number of nitrogens with one attached hydrogen (secondary N) is 1. The third-order valence-electron chi connectivity index (χ3n) is 4.68. The van der Waals surface area contributed by atoms with Gasteiger partial charge >= 0.3 is 0 Å². The van der Waals surface area contributed by atoms with Crippen molar-refractivity contribution in [2.75, 3.05) is 36.5 Å². The Bertz CT molecular complexity index is 769. The normalized spacial score (nSPS) is 18.9. The maximum Gasteiger partial charge on any atom is 0.247 e. The van der Waals surface area contributed by atoms with Crippen LogP contribution in [0.5, 0.6) is 5.75 Å². The number of hydrogen-bond acceptors (Lipinski definition) is 8. The van der Waals surface area contributed by atoms with Crippen LogP contribution >= 0.6 is 0 Å². The van der Waals surface area contributed by atoms with Crippen molar-refractivity contribution in [2.45, 2.75) is 38.6 Å². The van der Waals surface area contributed by atoms with Crippen LogP contribution in [0.1, 0.15) is 26.7 Å². The van der Waals surface area contributed by atoms with Gasteiger partial charge in [-0.25, -0.2) is 0 Å². The maximum atomic E-state index is 5.85. The van der Waals surface area contributed by atoms with Crippen LogP contribution < -0.4 is 15.0 Å². The van der Waals surface area contributed by atoms with E-state index in [1.54, 1.807) is 6.20 Å². The van der Waals surface area contributed by atoms with Gasteiger partial charge in [0, 0.05) is 25.9 Å². The molecular weight excluding hydrogens is 346 g/mol. The van der Waals surface area contributed by atoms with Gasteiger partial charge in [-0.1, -0.05) is 12.1 Å². The van der Waals surface area contributed by atoms with E-state index in [0.717, 1.165) is 37.4 Å². The number of rotatable bonds is 5. The van der Waals surface area contributed by atoms with Crippen LogP contribution in [0.2, 0.25) is 0 Å². The van der Waals surface area contributed by atoms with Crippen molar-refractivity contribution in [1.82, 2.24) is 15.2 Å². The highest BCUT2D eigenvalue weighted by atomic mass is 16.7. The Labute approximate surface area is 158 Å². The van der Waals surface area contributed by atoms with E-state index in [0.29, 0.717) is 25.0 Å². The van der Waals surface area contributed by atoms with Crippen molar-refractivity contribution in [1.29, 1.82) is 0 Å². The smallest absolute Gasteiger partial charge is 0.247 e. The van der Waals surface area contributed by atoms with Crippen LogP contribution in [0, 0.1) is 0 Å². The van der Waals surface area contributed by atoms with Crippen molar-refractivity contribution in [3.63, 3.8) is 0 Å². The van der Waals surface area contributed by atoms with E-state index in [1.807, 2.05) is 38.1 Å². The minimum absolute atomic E-state index is 0.0905. The predicted octanol–water partition coefficient (Wildman–Crippen LogP) is 2.75. The molecule has 1 aromatic carbocycles. The number of para-hydroxylation sites is 2. The van der Waals surface area contributed by atoms with Crippen LogP contribution in [-0.2, 0) is 9.47 Å². The lowest BCUT2D eigenvalue weighted by Crippen LogP contribution is -2.45. The summed E-state index contributed by atoms with van der Waals surface area (Å²) in [6.07, 6.45) is 3.32. The summed E-state index contributed by atoms with van der Waals surface area (Å²) in [4.78, 5) is 6.75. The molecule has 8 heteroatoms. The molecule has 27 heavy (non-hydrogen) atoms.